The Morgan fingerprint density at radius 3 is 2.31 bits per heavy atom. The van der Waals surface area contributed by atoms with Gasteiger partial charge in [0.2, 0.25) is 0 Å². The molecule has 0 spiro atoms. The van der Waals surface area contributed by atoms with E-state index in [0.717, 1.165) is 25.3 Å². The Morgan fingerprint density at radius 1 is 1.31 bits per heavy atom. The Balaban J connectivity index is 3.82. The molecule has 0 aromatic carbocycles. The first-order valence-electron chi connectivity index (χ1n) is 5.68. The highest BCUT2D eigenvalue weighted by Gasteiger charge is 2.13. The minimum absolute atomic E-state index is 0.00765. The second-order valence-electron chi connectivity index (χ2n) is 3.92. The van der Waals surface area contributed by atoms with Crippen LogP contribution in [-0.2, 0) is 9.53 Å². The van der Waals surface area contributed by atoms with Gasteiger partial charge in [-0.2, -0.15) is 0 Å². The lowest BCUT2D eigenvalue weighted by Crippen LogP contribution is -2.18. The molecule has 94 valence electrons. The van der Waals surface area contributed by atoms with Crippen LogP contribution in [0.5, 0.6) is 0 Å². The van der Waals surface area contributed by atoms with Crippen molar-refractivity contribution in [2.75, 3.05) is 19.8 Å². The van der Waals surface area contributed by atoms with Crippen molar-refractivity contribution in [3.05, 3.63) is 12.7 Å². The summed E-state index contributed by atoms with van der Waals surface area (Å²) < 4.78 is 4.86. The van der Waals surface area contributed by atoms with E-state index in [2.05, 4.69) is 6.58 Å². The van der Waals surface area contributed by atoms with Crippen molar-refractivity contribution in [2.45, 2.75) is 26.2 Å². The lowest BCUT2D eigenvalue weighted by molar-refractivity contribution is -0.139. The van der Waals surface area contributed by atoms with Gasteiger partial charge in [-0.05, 0) is 18.8 Å². The molecule has 0 aliphatic heterocycles. The van der Waals surface area contributed by atoms with Crippen molar-refractivity contribution in [1.29, 1.82) is 0 Å². The third-order valence-corrected chi connectivity index (χ3v) is 2.70. The maximum Gasteiger partial charge on any atom is 0.330 e. The third-order valence-electron chi connectivity index (χ3n) is 2.70. The van der Waals surface area contributed by atoms with Crippen molar-refractivity contribution in [3.63, 3.8) is 0 Å². The van der Waals surface area contributed by atoms with Gasteiger partial charge >= 0.3 is 5.97 Å². The van der Waals surface area contributed by atoms with Crippen LogP contribution in [0, 0.1) is 11.8 Å². The number of carbonyl (C=O) groups excluding carboxylic acids is 1. The number of esters is 1. The smallest absolute Gasteiger partial charge is 0.330 e. The van der Waals surface area contributed by atoms with E-state index in [1.165, 1.54) is 0 Å². The second kappa shape index (κ2) is 9.36. The Kier molecular flexibility index (Phi) is 8.85. The molecule has 16 heavy (non-hydrogen) atoms. The monoisotopic (exact) mass is 230 g/mol. The summed E-state index contributed by atoms with van der Waals surface area (Å²) in [5, 5.41) is 18.1. The summed E-state index contributed by atoms with van der Waals surface area (Å²) in [5.74, 6) is -0.249. The second-order valence-corrected chi connectivity index (χ2v) is 3.92. The molecule has 0 aliphatic rings. The van der Waals surface area contributed by atoms with Crippen LogP contribution in [0.3, 0.4) is 0 Å². The molecule has 0 rings (SSSR count). The van der Waals surface area contributed by atoms with Gasteiger partial charge in [-0.15, -0.1) is 0 Å². The van der Waals surface area contributed by atoms with Crippen LogP contribution in [0.1, 0.15) is 26.2 Å². The minimum Gasteiger partial charge on any atom is -0.462 e. The number of hydrogen-bond acceptors (Lipinski definition) is 4. The SMILES string of the molecule is C=CC(=O)OCC(CO)CCC(CC)CO. The standard InChI is InChI=1S/C12H22O4/c1-3-10(7-13)5-6-11(8-14)9-16-12(15)4-2/h4,10-11,13-14H,2-3,5-9H2,1H3. The molecule has 0 aliphatic carbocycles. The molecule has 0 saturated carbocycles. The molecule has 0 aromatic rings. The van der Waals surface area contributed by atoms with E-state index in [0.29, 0.717) is 0 Å². The number of ether oxygens (including phenoxy) is 1. The number of hydrogen-bond donors (Lipinski definition) is 2. The predicted octanol–water partition coefficient (Wildman–Crippen LogP) is 1.12. The van der Waals surface area contributed by atoms with Crippen LogP contribution in [0.15, 0.2) is 12.7 Å². The fourth-order valence-corrected chi connectivity index (χ4v) is 1.38. The molecule has 0 fully saturated rings. The van der Waals surface area contributed by atoms with Crippen LogP contribution < -0.4 is 0 Å². The summed E-state index contributed by atoms with van der Waals surface area (Å²) >= 11 is 0. The number of carbonyl (C=O) groups is 1. The summed E-state index contributed by atoms with van der Waals surface area (Å²) in [6.45, 7) is 5.69. The topological polar surface area (TPSA) is 66.8 Å². The molecule has 2 atom stereocenters. The molecule has 0 bridgehead atoms. The van der Waals surface area contributed by atoms with Gasteiger partial charge in [-0.25, -0.2) is 4.79 Å². The molecule has 0 radical (unpaired) electrons. The first-order chi connectivity index (χ1) is 7.67. The van der Waals surface area contributed by atoms with E-state index in [9.17, 15) is 4.79 Å². The fraction of sp³-hybridized carbons (Fsp3) is 0.750. The van der Waals surface area contributed by atoms with E-state index >= 15 is 0 Å². The molecule has 0 aromatic heterocycles. The number of aliphatic hydroxyl groups excluding tert-OH is 2. The quantitative estimate of drug-likeness (QED) is 0.460. The van der Waals surface area contributed by atoms with Gasteiger partial charge in [-0.1, -0.05) is 19.9 Å². The average Bonchev–Trinajstić information content (AvgIpc) is 2.33. The molecule has 2 N–H and O–H groups in total. The van der Waals surface area contributed by atoms with Gasteiger partial charge in [0.1, 0.15) is 0 Å². The summed E-state index contributed by atoms with van der Waals surface area (Å²) in [7, 11) is 0. The van der Waals surface area contributed by atoms with Crippen LogP contribution in [0.2, 0.25) is 0 Å². The van der Waals surface area contributed by atoms with Crippen LogP contribution in [0.4, 0.5) is 0 Å². The summed E-state index contributed by atoms with van der Waals surface area (Å²) in [6, 6.07) is 0. The molecule has 2 unspecified atom stereocenters. The summed E-state index contributed by atoms with van der Waals surface area (Å²) in [6.07, 6.45) is 3.61. The van der Waals surface area contributed by atoms with E-state index in [1.807, 2.05) is 6.92 Å². The first-order valence-corrected chi connectivity index (χ1v) is 5.68. The summed E-state index contributed by atoms with van der Waals surface area (Å²) in [5.41, 5.74) is 0. The van der Waals surface area contributed by atoms with E-state index in [1.54, 1.807) is 0 Å². The van der Waals surface area contributed by atoms with Gasteiger partial charge in [0.05, 0.1) is 6.61 Å². The minimum atomic E-state index is -0.465. The van der Waals surface area contributed by atoms with E-state index in [-0.39, 0.29) is 31.7 Å². The van der Waals surface area contributed by atoms with Crippen molar-refractivity contribution >= 4 is 5.97 Å². The average molecular weight is 230 g/mol. The zero-order chi connectivity index (χ0) is 12.4. The van der Waals surface area contributed by atoms with E-state index in [4.69, 9.17) is 14.9 Å². The van der Waals surface area contributed by atoms with Crippen molar-refractivity contribution in [3.8, 4) is 0 Å². The lowest BCUT2D eigenvalue weighted by Gasteiger charge is -2.17. The molecular weight excluding hydrogens is 208 g/mol. The van der Waals surface area contributed by atoms with Gasteiger partial charge in [0.25, 0.3) is 0 Å². The Bertz CT molecular complexity index is 199. The molecule has 0 saturated heterocycles. The first kappa shape index (κ1) is 15.1. The van der Waals surface area contributed by atoms with Crippen LogP contribution >= 0.6 is 0 Å². The highest BCUT2D eigenvalue weighted by atomic mass is 16.5. The zero-order valence-corrected chi connectivity index (χ0v) is 9.89. The van der Waals surface area contributed by atoms with Crippen molar-refractivity contribution in [1.82, 2.24) is 0 Å². The summed E-state index contributed by atoms with van der Waals surface area (Å²) in [4.78, 5) is 10.8. The molecular formula is C12H22O4. The third kappa shape index (κ3) is 6.58. The lowest BCUT2D eigenvalue weighted by atomic mass is 9.95. The Hall–Kier alpha value is -0.870. The number of rotatable bonds is 9. The normalized spacial score (nSPS) is 14.2. The maximum absolute atomic E-state index is 10.8. The molecule has 0 heterocycles. The highest BCUT2D eigenvalue weighted by Crippen LogP contribution is 2.15. The zero-order valence-electron chi connectivity index (χ0n) is 9.89. The largest absolute Gasteiger partial charge is 0.462 e. The highest BCUT2D eigenvalue weighted by molar-refractivity contribution is 5.81. The van der Waals surface area contributed by atoms with Gasteiger partial charge < -0.3 is 14.9 Å². The maximum atomic E-state index is 10.8. The molecule has 0 amide bonds. The molecule has 4 nitrogen and oxygen atoms in total. The van der Waals surface area contributed by atoms with Gasteiger partial charge in [0.15, 0.2) is 0 Å². The van der Waals surface area contributed by atoms with Crippen LogP contribution in [0.25, 0.3) is 0 Å². The molecule has 4 heteroatoms. The van der Waals surface area contributed by atoms with Gasteiger partial charge in [-0.3, -0.25) is 0 Å². The van der Waals surface area contributed by atoms with E-state index < -0.39 is 5.97 Å². The van der Waals surface area contributed by atoms with Crippen LogP contribution in [-0.4, -0.2) is 36.0 Å². The van der Waals surface area contributed by atoms with Crippen molar-refractivity contribution in [2.24, 2.45) is 11.8 Å². The van der Waals surface area contributed by atoms with Crippen molar-refractivity contribution < 1.29 is 19.7 Å². The van der Waals surface area contributed by atoms with Gasteiger partial charge in [0, 0.05) is 25.2 Å². The number of aliphatic hydroxyl groups is 2. The fourth-order valence-electron chi connectivity index (χ4n) is 1.38. The Labute approximate surface area is 96.9 Å². The Morgan fingerprint density at radius 2 is 1.88 bits per heavy atom. The predicted molar refractivity (Wildman–Crippen MR) is 61.8 cm³/mol.